The number of hydrazine groups is 1. The number of hydrogen-bond donors (Lipinski definition) is 1. The van der Waals surface area contributed by atoms with Crippen LogP contribution in [0.25, 0.3) is 0 Å². The van der Waals surface area contributed by atoms with Crippen molar-refractivity contribution in [2.75, 3.05) is 13.1 Å². The summed E-state index contributed by atoms with van der Waals surface area (Å²) in [7, 11) is 0. The summed E-state index contributed by atoms with van der Waals surface area (Å²) in [5.74, 6) is 1.76. The fourth-order valence-electron chi connectivity index (χ4n) is 2.93. The topological polar surface area (TPSA) is 15.3 Å². The van der Waals surface area contributed by atoms with Gasteiger partial charge in [-0.1, -0.05) is 26.7 Å². The van der Waals surface area contributed by atoms with Gasteiger partial charge in [-0.15, -0.1) is 0 Å². The molecule has 2 nitrogen and oxygen atoms in total. The Bertz CT molecular complexity index is 179. The zero-order valence-electron chi connectivity index (χ0n) is 9.63. The molecule has 1 aliphatic carbocycles. The highest BCUT2D eigenvalue weighted by Gasteiger charge is 2.30. The Labute approximate surface area is 88.0 Å². The SMILES string of the molecule is CC(C)CN1CCC2CCCCC2N1. The van der Waals surface area contributed by atoms with E-state index in [1.807, 2.05) is 0 Å². The van der Waals surface area contributed by atoms with Crippen LogP contribution in [0.4, 0.5) is 0 Å². The molecule has 0 aromatic rings. The van der Waals surface area contributed by atoms with Crippen molar-refractivity contribution in [3.63, 3.8) is 0 Å². The van der Waals surface area contributed by atoms with Crippen molar-refractivity contribution in [1.29, 1.82) is 0 Å². The van der Waals surface area contributed by atoms with Gasteiger partial charge in [0, 0.05) is 19.1 Å². The molecule has 1 saturated heterocycles. The normalized spacial score (nSPS) is 34.5. The highest BCUT2D eigenvalue weighted by atomic mass is 15.5. The summed E-state index contributed by atoms with van der Waals surface area (Å²) in [4.78, 5) is 0. The van der Waals surface area contributed by atoms with Crippen LogP contribution >= 0.6 is 0 Å². The van der Waals surface area contributed by atoms with E-state index in [2.05, 4.69) is 24.3 Å². The molecule has 2 rings (SSSR count). The predicted octanol–water partition coefficient (Wildman–Crippen LogP) is 2.41. The van der Waals surface area contributed by atoms with Crippen LogP contribution in [0, 0.1) is 11.8 Å². The second-order valence-electron chi connectivity index (χ2n) is 5.41. The maximum Gasteiger partial charge on any atom is 0.0244 e. The number of hydrogen-bond acceptors (Lipinski definition) is 2. The third-order valence-electron chi connectivity index (χ3n) is 3.61. The molecule has 2 unspecified atom stereocenters. The monoisotopic (exact) mass is 196 g/mol. The van der Waals surface area contributed by atoms with Crippen molar-refractivity contribution >= 4 is 0 Å². The molecule has 0 spiro atoms. The first-order valence-corrected chi connectivity index (χ1v) is 6.27. The minimum absolute atomic E-state index is 0.780. The molecule has 0 amide bonds. The fraction of sp³-hybridized carbons (Fsp3) is 1.00. The van der Waals surface area contributed by atoms with E-state index in [1.165, 1.54) is 45.2 Å². The maximum absolute atomic E-state index is 3.72. The number of nitrogens with one attached hydrogen (secondary N) is 1. The van der Waals surface area contributed by atoms with Crippen molar-refractivity contribution in [3.05, 3.63) is 0 Å². The molecule has 1 N–H and O–H groups in total. The Morgan fingerprint density at radius 1 is 1.21 bits per heavy atom. The lowest BCUT2D eigenvalue weighted by molar-refractivity contribution is 0.0424. The van der Waals surface area contributed by atoms with Crippen molar-refractivity contribution in [2.24, 2.45) is 11.8 Å². The lowest BCUT2D eigenvalue weighted by atomic mass is 9.81. The molecule has 2 aliphatic rings. The minimum Gasteiger partial charge on any atom is -0.252 e. The van der Waals surface area contributed by atoms with Crippen LogP contribution in [-0.2, 0) is 0 Å². The van der Waals surface area contributed by atoms with Gasteiger partial charge in [0.2, 0.25) is 0 Å². The molecular formula is C12H24N2. The zero-order chi connectivity index (χ0) is 9.97. The van der Waals surface area contributed by atoms with E-state index in [0.717, 1.165) is 17.9 Å². The summed E-state index contributed by atoms with van der Waals surface area (Å²) >= 11 is 0. The summed E-state index contributed by atoms with van der Waals surface area (Å²) in [5, 5.41) is 2.46. The zero-order valence-corrected chi connectivity index (χ0v) is 9.63. The van der Waals surface area contributed by atoms with E-state index >= 15 is 0 Å². The van der Waals surface area contributed by atoms with Crippen LogP contribution in [0.3, 0.4) is 0 Å². The Morgan fingerprint density at radius 2 is 2.00 bits per heavy atom. The molecule has 0 aromatic carbocycles. The van der Waals surface area contributed by atoms with Gasteiger partial charge in [0.25, 0.3) is 0 Å². The Morgan fingerprint density at radius 3 is 2.79 bits per heavy atom. The van der Waals surface area contributed by atoms with Gasteiger partial charge in [0.15, 0.2) is 0 Å². The van der Waals surface area contributed by atoms with Gasteiger partial charge in [-0.3, -0.25) is 5.43 Å². The molecule has 1 aliphatic heterocycles. The maximum atomic E-state index is 3.72. The Hall–Kier alpha value is -0.0800. The van der Waals surface area contributed by atoms with E-state index in [1.54, 1.807) is 0 Å². The first kappa shape index (κ1) is 10.4. The number of nitrogens with zero attached hydrogens (tertiary/aromatic N) is 1. The molecule has 2 heteroatoms. The third kappa shape index (κ3) is 2.48. The second-order valence-corrected chi connectivity index (χ2v) is 5.41. The third-order valence-corrected chi connectivity index (χ3v) is 3.61. The molecular weight excluding hydrogens is 172 g/mol. The highest BCUT2D eigenvalue weighted by Crippen LogP contribution is 2.30. The molecule has 1 saturated carbocycles. The smallest absolute Gasteiger partial charge is 0.0244 e. The Kier molecular flexibility index (Phi) is 3.45. The predicted molar refractivity (Wildman–Crippen MR) is 59.9 cm³/mol. The molecule has 82 valence electrons. The van der Waals surface area contributed by atoms with Gasteiger partial charge in [-0.05, 0) is 31.1 Å². The Balaban J connectivity index is 1.83. The van der Waals surface area contributed by atoms with Gasteiger partial charge in [0.05, 0.1) is 0 Å². The minimum atomic E-state index is 0.780. The summed E-state index contributed by atoms with van der Waals surface area (Å²) in [5.41, 5.74) is 3.72. The van der Waals surface area contributed by atoms with Crippen molar-refractivity contribution in [2.45, 2.75) is 52.0 Å². The van der Waals surface area contributed by atoms with Gasteiger partial charge in [-0.25, -0.2) is 5.01 Å². The molecule has 0 aromatic heterocycles. The van der Waals surface area contributed by atoms with E-state index in [0.29, 0.717) is 0 Å². The molecule has 2 fully saturated rings. The highest BCUT2D eigenvalue weighted by molar-refractivity contribution is 4.84. The quantitative estimate of drug-likeness (QED) is 0.729. The number of fused-ring (bicyclic) bond motifs is 1. The average molecular weight is 196 g/mol. The molecule has 1 heterocycles. The molecule has 0 radical (unpaired) electrons. The van der Waals surface area contributed by atoms with Crippen molar-refractivity contribution in [1.82, 2.24) is 10.4 Å². The van der Waals surface area contributed by atoms with E-state index in [4.69, 9.17) is 0 Å². The van der Waals surface area contributed by atoms with Crippen LogP contribution < -0.4 is 5.43 Å². The van der Waals surface area contributed by atoms with Crippen LogP contribution in [-0.4, -0.2) is 24.1 Å². The van der Waals surface area contributed by atoms with E-state index < -0.39 is 0 Å². The molecule has 14 heavy (non-hydrogen) atoms. The van der Waals surface area contributed by atoms with Gasteiger partial charge >= 0.3 is 0 Å². The molecule has 0 bridgehead atoms. The number of rotatable bonds is 2. The van der Waals surface area contributed by atoms with Gasteiger partial charge < -0.3 is 0 Å². The fourth-order valence-corrected chi connectivity index (χ4v) is 2.93. The molecule has 2 atom stereocenters. The first-order chi connectivity index (χ1) is 6.75. The van der Waals surface area contributed by atoms with Crippen LogP contribution in [0.2, 0.25) is 0 Å². The largest absolute Gasteiger partial charge is 0.252 e. The van der Waals surface area contributed by atoms with Gasteiger partial charge in [0.1, 0.15) is 0 Å². The lowest BCUT2D eigenvalue weighted by Gasteiger charge is -2.42. The first-order valence-electron chi connectivity index (χ1n) is 6.27. The summed E-state index contributed by atoms with van der Waals surface area (Å²) in [6, 6.07) is 0.802. The summed E-state index contributed by atoms with van der Waals surface area (Å²) < 4.78 is 0. The van der Waals surface area contributed by atoms with Gasteiger partial charge in [-0.2, -0.15) is 0 Å². The summed E-state index contributed by atoms with van der Waals surface area (Å²) in [6.07, 6.45) is 7.19. The standard InChI is InChI=1S/C12H24N2/c1-10(2)9-14-8-7-11-5-3-4-6-12(11)13-14/h10-13H,3-9H2,1-2H3. The van der Waals surface area contributed by atoms with Crippen molar-refractivity contribution in [3.8, 4) is 0 Å². The average Bonchev–Trinajstić information content (AvgIpc) is 2.17. The van der Waals surface area contributed by atoms with E-state index in [9.17, 15) is 0 Å². The van der Waals surface area contributed by atoms with Crippen LogP contribution in [0.1, 0.15) is 46.0 Å². The van der Waals surface area contributed by atoms with Crippen LogP contribution in [0.15, 0.2) is 0 Å². The lowest BCUT2D eigenvalue weighted by Crippen LogP contribution is -2.55. The van der Waals surface area contributed by atoms with E-state index in [-0.39, 0.29) is 0 Å². The van der Waals surface area contributed by atoms with Crippen LogP contribution in [0.5, 0.6) is 0 Å². The van der Waals surface area contributed by atoms with Crippen molar-refractivity contribution < 1.29 is 0 Å². The summed E-state index contributed by atoms with van der Waals surface area (Å²) in [6.45, 7) is 7.08. The second kappa shape index (κ2) is 4.63.